The quantitative estimate of drug-likeness (QED) is 0.396. The molecule has 0 saturated heterocycles. The fourth-order valence-corrected chi connectivity index (χ4v) is 4.07. The number of carbonyl (C=O) groups is 2. The summed E-state index contributed by atoms with van der Waals surface area (Å²) in [4.78, 5) is 28.6. The highest BCUT2D eigenvalue weighted by molar-refractivity contribution is 5.88. The molecule has 0 aliphatic heterocycles. The lowest BCUT2D eigenvalue weighted by atomic mass is 10.0. The van der Waals surface area contributed by atoms with Gasteiger partial charge < -0.3 is 19.7 Å². The molecule has 3 aromatic carbocycles. The second-order valence-electron chi connectivity index (χ2n) is 8.93. The maximum Gasteiger partial charge on any atom is 0.261 e. The number of amides is 2. The van der Waals surface area contributed by atoms with Gasteiger partial charge in [-0.2, -0.15) is 0 Å². The largest absolute Gasteiger partial charge is 0.497 e. The lowest BCUT2D eigenvalue weighted by molar-refractivity contribution is -0.142. The van der Waals surface area contributed by atoms with Crippen LogP contribution in [0.25, 0.3) is 0 Å². The number of hydrogen-bond acceptors (Lipinski definition) is 4. The molecule has 6 nitrogen and oxygen atoms in total. The number of carbonyl (C=O) groups excluding carboxylic acids is 2. The third-order valence-corrected chi connectivity index (χ3v) is 5.99. The molecule has 0 radical (unpaired) electrons. The zero-order valence-electron chi connectivity index (χ0n) is 21.6. The number of methoxy groups -OCH3 is 1. The number of ether oxygens (including phenoxy) is 2. The van der Waals surface area contributed by atoms with Crippen molar-refractivity contribution in [3.05, 3.63) is 95.1 Å². The van der Waals surface area contributed by atoms with Gasteiger partial charge in [-0.1, -0.05) is 67.1 Å². The molecule has 0 unspecified atom stereocenters. The fraction of sp³-hybridized carbons (Fsp3) is 0.333. The van der Waals surface area contributed by atoms with E-state index in [1.54, 1.807) is 12.0 Å². The van der Waals surface area contributed by atoms with E-state index in [1.807, 2.05) is 93.6 Å². The minimum Gasteiger partial charge on any atom is -0.497 e. The van der Waals surface area contributed by atoms with E-state index < -0.39 is 6.04 Å². The molecule has 0 fully saturated rings. The molecule has 3 aromatic rings. The normalized spacial score (nSPS) is 11.4. The summed E-state index contributed by atoms with van der Waals surface area (Å²) < 4.78 is 11.3. The minimum atomic E-state index is -0.694. The van der Waals surface area contributed by atoms with E-state index in [4.69, 9.17) is 9.47 Å². The van der Waals surface area contributed by atoms with Crippen molar-refractivity contribution in [3.8, 4) is 11.5 Å². The van der Waals surface area contributed by atoms with Crippen molar-refractivity contribution in [2.45, 2.75) is 46.2 Å². The van der Waals surface area contributed by atoms with Crippen LogP contribution in [0.2, 0.25) is 0 Å². The Bertz CT molecular complexity index is 1150. The lowest BCUT2D eigenvalue weighted by Gasteiger charge is -2.31. The smallest absolute Gasteiger partial charge is 0.261 e. The zero-order valence-corrected chi connectivity index (χ0v) is 21.6. The number of nitrogens with one attached hydrogen (secondary N) is 1. The van der Waals surface area contributed by atoms with Crippen molar-refractivity contribution in [1.82, 2.24) is 10.2 Å². The third-order valence-electron chi connectivity index (χ3n) is 5.99. The van der Waals surface area contributed by atoms with Crippen LogP contribution in [-0.2, 0) is 22.6 Å². The SMILES string of the molecule is CCCNC(=O)[C@H](Cc1ccccc1)N(Cc1cccc(OC)c1)C(=O)COc1ccc(C)cc1C. The molecular formula is C30H36N2O4. The van der Waals surface area contributed by atoms with Crippen molar-refractivity contribution in [1.29, 1.82) is 0 Å². The van der Waals surface area contributed by atoms with Gasteiger partial charge in [-0.25, -0.2) is 0 Å². The molecule has 0 aromatic heterocycles. The first-order valence-electron chi connectivity index (χ1n) is 12.3. The predicted octanol–water partition coefficient (Wildman–Crippen LogP) is 4.86. The summed E-state index contributed by atoms with van der Waals surface area (Å²) >= 11 is 0. The molecule has 6 heteroatoms. The molecule has 3 rings (SSSR count). The van der Waals surface area contributed by atoms with Gasteiger partial charge in [-0.3, -0.25) is 9.59 Å². The number of hydrogen-bond donors (Lipinski definition) is 1. The maximum absolute atomic E-state index is 13.7. The molecule has 36 heavy (non-hydrogen) atoms. The van der Waals surface area contributed by atoms with E-state index in [1.165, 1.54) is 0 Å². The lowest BCUT2D eigenvalue weighted by Crippen LogP contribution is -2.51. The Morgan fingerprint density at radius 3 is 2.39 bits per heavy atom. The molecule has 0 heterocycles. The Kier molecular flexibility index (Phi) is 9.92. The molecule has 1 atom stereocenters. The number of nitrogens with zero attached hydrogens (tertiary/aromatic N) is 1. The highest BCUT2D eigenvalue weighted by Gasteiger charge is 2.30. The summed E-state index contributed by atoms with van der Waals surface area (Å²) in [5.41, 5.74) is 3.94. The molecular weight excluding hydrogens is 452 g/mol. The molecule has 2 amide bonds. The van der Waals surface area contributed by atoms with Gasteiger partial charge in [-0.05, 0) is 55.2 Å². The van der Waals surface area contributed by atoms with E-state index in [0.29, 0.717) is 24.5 Å². The van der Waals surface area contributed by atoms with E-state index in [9.17, 15) is 9.59 Å². The second kappa shape index (κ2) is 13.3. The van der Waals surface area contributed by atoms with E-state index in [0.717, 1.165) is 28.7 Å². The average molecular weight is 489 g/mol. The zero-order chi connectivity index (χ0) is 25.9. The molecule has 190 valence electrons. The first kappa shape index (κ1) is 26.8. The Balaban J connectivity index is 1.91. The van der Waals surface area contributed by atoms with Crippen LogP contribution in [0.1, 0.15) is 35.6 Å². The van der Waals surface area contributed by atoms with Gasteiger partial charge in [0.15, 0.2) is 6.61 Å². The van der Waals surface area contributed by atoms with Crippen LogP contribution in [0.4, 0.5) is 0 Å². The van der Waals surface area contributed by atoms with Crippen LogP contribution >= 0.6 is 0 Å². The Labute approximate surface area is 214 Å². The molecule has 0 saturated carbocycles. The van der Waals surface area contributed by atoms with Crippen LogP contribution in [0.3, 0.4) is 0 Å². The molecule has 1 N–H and O–H groups in total. The van der Waals surface area contributed by atoms with Gasteiger partial charge >= 0.3 is 0 Å². The van der Waals surface area contributed by atoms with Gasteiger partial charge in [-0.15, -0.1) is 0 Å². The van der Waals surface area contributed by atoms with Gasteiger partial charge in [0.1, 0.15) is 17.5 Å². The van der Waals surface area contributed by atoms with Crippen molar-refractivity contribution in [3.63, 3.8) is 0 Å². The van der Waals surface area contributed by atoms with Gasteiger partial charge in [0.05, 0.1) is 7.11 Å². The van der Waals surface area contributed by atoms with Crippen LogP contribution in [-0.4, -0.2) is 43.0 Å². The summed E-state index contributed by atoms with van der Waals surface area (Å²) in [6.45, 7) is 6.61. The summed E-state index contributed by atoms with van der Waals surface area (Å²) in [6.07, 6.45) is 1.21. The summed E-state index contributed by atoms with van der Waals surface area (Å²) in [5.74, 6) is 0.917. The molecule has 0 spiro atoms. The van der Waals surface area contributed by atoms with Crippen LogP contribution < -0.4 is 14.8 Å². The van der Waals surface area contributed by atoms with Crippen LogP contribution in [0.5, 0.6) is 11.5 Å². The number of aryl methyl sites for hydroxylation is 2. The van der Waals surface area contributed by atoms with Gasteiger partial charge in [0.25, 0.3) is 5.91 Å². The van der Waals surface area contributed by atoms with Gasteiger partial charge in [0, 0.05) is 19.5 Å². The van der Waals surface area contributed by atoms with Crippen molar-refractivity contribution < 1.29 is 19.1 Å². The fourth-order valence-electron chi connectivity index (χ4n) is 4.07. The predicted molar refractivity (Wildman–Crippen MR) is 142 cm³/mol. The minimum absolute atomic E-state index is 0.166. The highest BCUT2D eigenvalue weighted by Crippen LogP contribution is 2.21. The van der Waals surface area contributed by atoms with Crippen LogP contribution in [0.15, 0.2) is 72.8 Å². The Morgan fingerprint density at radius 1 is 0.944 bits per heavy atom. The van der Waals surface area contributed by atoms with Crippen LogP contribution in [0, 0.1) is 13.8 Å². The Morgan fingerprint density at radius 2 is 1.69 bits per heavy atom. The molecule has 0 bridgehead atoms. The molecule has 0 aliphatic rings. The van der Waals surface area contributed by atoms with E-state index in [2.05, 4.69) is 5.32 Å². The maximum atomic E-state index is 13.7. The summed E-state index contributed by atoms with van der Waals surface area (Å²) in [5, 5.41) is 2.99. The van der Waals surface area contributed by atoms with E-state index in [-0.39, 0.29) is 25.0 Å². The third kappa shape index (κ3) is 7.60. The Hall–Kier alpha value is -3.80. The number of benzene rings is 3. The standard InChI is InChI=1S/C30H36N2O4/c1-5-16-31-30(34)27(19-24-10-7-6-8-11-24)32(20-25-12-9-13-26(18-25)35-4)29(33)21-36-28-15-14-22(2)17-23(28)3/h6-15,17-18,27H,5,16,19-21H2,1-4H3,(H,31,34)/t27-/m0/s1. The second-order valence-corrected chi connectivity index (χ2v) is 8.93. The van der Waals surface area contributed by atoms with Crippen molar-refractivity contribution >= 4 is 11.8 Å². The van der Waals surface area contributed by atoms with Crippen molar-refractivity contribution in [2.75, 3.05) is 20.3 Å². The van der Waals surface area contributed by atoms with Crippen molar-refractivity contribution in [2.24, 2.45) is 0 Å². The van der Waals surface area contributed by atoms with E-state index >= 15 is 0 Å². The first-order valence-corrected chi connectivity index (χ1v) is 12.3. The summed E-state index contributed by atoms with van der Waals surface area (Å²) in [7, 11) is 1.61. The first-order chi connectivity index (χ1) is 17.4. The topological polar surface area (TPSA) is 67.9 Å². The average Bonchev–Trinajstić information content (AvgIpc) is 2.89. The summed E-state index contributed by atoms with van der Waals surface area (Å²) in [6, 6.07) is 22.5. The monoisotopic (exact) mass is 488 g/mol. The molecule has 0 aliphatic carbocycles. The van der Waals surface area contributed by atoms with Gasteiger partial charge in [0.2, 0.25) is 5.91 Å². The highest BCUT2D eigenvalue weighted by atomic mass is 16.5. The number of rotatable bonds is 12.